The fraction of sp³-hybridized carbons (Fsp3) is 0. The molecule has 0 N–H and O–H groups in total. The topological polar surface area (TPSA) is 46.6 Å². The van der Waals surface area contributed by atoms with Gasteiger partial charge in [0.25, 0.3) is 11.8 Å². The Morgan fingerprint density at radius 3 is 2.23 bits per heavy atom. The van der Waals surface area contributed by atoms with Crippen LogP contribution in [0, 0.1) is 0 Å². The Bertz CT molecular complexity index is 784. The third-order valence-electron chi connectivity index (χ3n) is 3.03. The summed E-state index contributed by atoms with van der Waals surface area (Å²) in [5.41, 5.74) is 0.355. The van der Waals surface area contributed by atoms with E-state index >= 15 is 0 Å². The van der Waals surface area contributed by atoms with Gasteiger partial charge < -0.3 is 4.74 Å². The molecule has 0 saturated carbocycles. The fourth-order valence-electron chi connectivity index (χ4n) is 2.04. The molecule has 0 saturated heterocycles. The van der Waals surface area contributed by atoms with Gasteiger partial charge in [0.15, 0.2) is 5.75 Å². The molecular weight excluding hydrogens is 325 g/mol. The molecule has 3 rings (SSSR count). The molecule has 22 heavy (non-hydrogen) atoms. The number of amides is 2. The Hall–Kier alpha value is -2.30. The highest BCUT2D eigenvalue weighted by Crippen LogP contribution is 2.37. The maximum Gasteiger partial charge on any atom is 0.258 e. The van der Waals surface area contributed by atoms with E-state index in [1.54, 1.807) is 42.5 Å². The monoisotopic (exact) mass is 333 g/mol. The normalized spacial score (nSPS) is 13.8. The lowest BCUT2D eigenvalue weighted by atomic mass is 10.2. The average Bonchev–Trinajstić information content (AvgIpc) is 2.82. The second-order valence-corrected chi connectivity index (χ2v) is 5.33. The summed E-state index contributed by atoms with van der Waals surface area (Å²) in [7, 11) is 0. The minimum Gasteiger partial charge on any atom is -0.454 e. The third kappa shape index (κ3) is 2.71. The summed E-state index contributed by atoms with van der Waals surface area (Å²) in [5, 5.41) is 0.819. The number of halogens is 2. The molecule has 2 aromatic carbocycles. The largest absolute Gasteiger partial charge is 0.454 e. The highest BCUT2D eigenvalue weighted by atomic mass is 35.5. The first-order chi connectivity index (χ1) is 10.6. The van der Waals surface area contributed by atoms with Crippen LogP contribution in [0.3, 0.4) is 0 Å². The maximum absolute atomic E-state index is 11.8. The maximum atomic E-state index is 11.8. The second-order valence-electron chi connectivity index (χ2n) is 4.49. The number of carbonyl (C=O) groups excluding carboxylic acids is 2. The molecule has 0 spiro atoms. The van der Waals surface area contributed by atoms with Gasteiger partial charge in [-0.15, -0.1) is 0 Å². The zero-order valence-corrected chi connectivity index (χ0v) is 12.6. The van der Waals surface area contributed by atoms with E-state index in [9.17, 15) is 9.59 Å². The quantitative estimate of drug-likeness (QED) is 0.790. The van der Waals surface area contributed by atoms with Crippen molar-refractivity contribution in [2.75, 3.05) is 4.90 Å². The van der Waals surface area contributed by atoms with E-state index in [1.165, 1.54) is 12.2 Å². The van der Waals surface area contributed by atoms with E-state index in [2.05, 4.69) is 0 Å². The second kappa shape index (κ2) is 5.83. The van der Waals surface area contributed by atoms with E-state index in [-0.39, 0.29) is 0 Å². The summed E-state index contributed by atoms with van der Waals surface area (Å²) < 4.78 is 5.74. The van der Waals surface area contributed by atoms with Gasteiger partial charge in [0.05, 0.1) is 10.7 Å². The van der Waals surface area contributed by atoms with E-state index in [1.807, 2.05) is 0 Å². The molecule has 0 unspecified atom stereocenters. The van der Waals surface area contributed by atoms with Gasteiger partial charge in [-0.05, 0) is 30.3 Å². The number of nitrogens with zero attached hydrogens (tertiary/aromatic N) is 1. The van der Waals surface area contributed by atoms with Crippen molar-refractivity contribution in [1.82, 2.24) is 0 Å². The Morgan fingerprint density at radius 1 is 0.864 bits per heavy atom. The summed E-state index contributed by atoms with van der Waals surface area (Å²) in [6, 6.07) is 11.5. The lowest BCUT2D eigenvalue weighted by Gasteiger charge is -2.18. The predicted octanol–water partition coefficient (Wildman–Crippen LogP) is 4.22. The van der Waals surface area contributed by atoms with E-state index in [0.29, 0.717) is 27.2 Å². The molecule has 1 heterocycles. The molecule has 4 nitrogen and oxygen atoms in total. The van der Waals surface area contributed by atoms with Crippen molar-refractivity contribution in [1.29, 1.82) is 0 Å². The van der Waals surface area contributed by atoms with Crippen molar-refractivity contribution >= 4 is 40.7 Å². The van der Waals surface area contributed by atoms with Crippen molar-refractivity contribution in [3.63, 3.8) is 0 Å². The Morgan fingerprint density at radius 2 is 1.55 bits per heavy atom. The molecule has 0 aliphatic carbocycles. The highest BCUT2D eigenvalue weighted by molar-refractivity contribution is 6.35. The van der Waals surface area contributed by atoms with Gasteiger partial charge in [-0.2, -0.15) is 0 Å². The van der Waals surface area contributed by atoms with Crippen molar-refractivity contribution in [2.24, 2.45) is 0 Å². The molecule has 0 atom stereocenters. The van der Waals surface area contributed by atoms with E-state index < -0.39 is 11.8 Å². The van der Waals surface area contributed by atoms with Gasteiger partial charge in [0.1, 0.15) is 5.75 Å². The number of rotatable bonds is 3. The molecule has 6 heteroatoms. The fourth-order valence-corrected chi connectivity index (χ4v) is 2.49. The van der Waals surface area contributed by atoms with Crippen LogP contribution in [0.4, 0.5) is 5.69 Å². The Balaban J connectivity index is 1.98. The number of hydrogen-bond donors (Lipinski definition) is 0. The van der Waals surface area contributed by atoms with Crippen LogP contribution in [-0.4, -0.2) is 11.8 Å². The summed E-state index contributed by atoms with van der Waals surface area (Å²) in [6.07, 6.45) is 2.43. The van der Waals surface area contributed by atoms with Gasteiger partial charge in [-0.1, -0.05) is 35.3 Å². The molecule has 0 radical (unpaired) electrons. The van der Waals surface area contributed by atoms with Crippen molar-refractivity contribution in [3.8, 4) is 11.5 Å². The third-order valence-corrected chi connectivity index (χ3v) is 3.56. The van der Waals surface area contributed by atoms with Crippen molar-refractivity contribution in [2.45, 2.75) is 0 Å². The number of carbonyl (C=O) groups is 2. The van der Waals surface area contributed by atoms with Crippen LogP contribution < -0.4 is 9.64 Å². The van der Waals surface area contributed by atoms with Gasteiger partial charge >= 0.3 is 0 Å². The van der Waals surface area contributed by atoms with Crippen molar-refractivity contribution < 1.29 is 14.3 Å². The van der Waals surface area contributed by atoms with Crippen LogP contribution in [0.25, 0.3) is 0 Å². The summed E-state index contributed by atoms with van der Waals surface area (Å²) in [6.45, 7) is 0. The minimum atomic E-state index is -0.414. The zero-order valence-electron chi connectivity index (χ0n) is 11.1. The van der Waals surface area contributed by atoms with Gasteiger partial charge in [-0.25, -0.2) is 4.90 Å². The molecule has 110 valence electrons. The average molecular weight is 334 g/mol. The predicted molar refractivity (Wildman–Crippen MR) is 84.6 cm³/mol. The number of anilines is 1. The molecule has 1 aliphatic rings. The number of benzene rings is 2. The van der Waals surface area contributed by atoms with Gasteiger partial charge in [0, 0.05) is 17.2 Å². The summed E-state index contributed by atoms with van der Waals surface area (Å²) in [5.74, 6) is -0.103. The number of para-hydroxylation sites is 2. The van der Waals surface area contributed by atoms with Crippen LogP contribution in [0.5, 0.6) is 11.5 Å². The number of ether oxygens (including phenoxy) is 1. The van der Waals surface area contributed by atoms with Crippen molar-refractivity contribution in [3.05, 3.63) is 64.7 Å². The highest BCUT2D eigenvalue weighted by Gasteiger charge is 2.27. The first kappa shape index (κ1) is 14.6. The summed E-state index contributed by atoms with van der Waals surface area (Å²) >= 11 is 11.9. The Labute approximate surface area is 136 Å². The van der Waals surface area contributed by atoms with E-state index in [4.69, 9.17) is 27.9 Å². The number of hydrogen-bond acceptors (Lipinski definition) is 3. The molecule has 0 fully saturated rings. The molecular formula is C16H9Cl2NO3. The van der Waals surface area contributed by atoms with Gasteiger partial charge in [0.2, 0.25) is 0 Å². The van der Waals surface area contributed by atoms with Crippen LogP contribution in [-0.2, 0) is 9.59 Å². The lowest BCUT2D eigenvalue weighted by molar-refractivity contribution is -0.120. The van der Waals surface area contributed by atoms with Crippen LogP contribution in [0.15, 0.2) is 54.6 Å². The van der Waals surface area contributed by atoms with Crippen LogP contribution in [0.1, 0.15) is 0 Å². The summed E-state index contributed by atoms with van der Waals surface area (Å²) in [4.78, 5) is 24.7. The SMILES string of the molecule is O=C1C=CC(=O)N1c1ccccc1Oc1ccc(Cl)cc1Cl. The minimum absolute atomic E-state index is 0.333. The van der Waals surface area contributed by atoms with Crippen LogP contribution in [0.2, 0.25) is 10.0 Å². The molecule has 0 aromatic heterocycles. The first-order valence-corrected chi connectivity index (χ1v) is 7.10. The number of imide groups is 1. The standard InChI is InChI=1S/C16H9Cl2NO3/c17-10-5-6-13(11(18)9-10)22-14-4-2-1-3-12(14)19-15(20)7-8-16(19)21/h1-9H. The first-order valence-electron chi connectivity index (χ1n) is 6.34. The molecule has 0 bridgehead atoms. The molecule has 2 amide bonds. The molecule has 2 aromatic rings. The van der Waals surface area contributed by atoms with Gasteiger partial charge in [-0.3, -0.25) is 9.59 Å². The van der Waals surface area contributed by atoms with E-state index in [0.717, 1.165) is 4.90 Å². The smallest absolute Gasteiger partial charge is 0.258 e. The van der Waals surface area contributed by atoms with Crippen LogP contribution >= 0.6 is 23.2 Å². The lowest BCUT2D eigenvalue weighted by Crippen LogP contribution is -2.29. The zero-order chi connectivity index (χ0) is 15.7. The molecule has 1 aliphatic heterocycles. The Kier molecular flexibility index (Phi) is 3.88.